The summed E-state index contributed by atoms with van der Waals surface area (Å²) in [7, 11) is 2.17. The Labute approximate surface area is 117 Å². The molecule has 1 fully saturated rings. The third-order valence-corrected chi connectivity index (χ3v) is 4.06. The summed E-state index contributed by atoms with van der Waals surface area (Å²) >= 11 is 3.40. The lowest BCUT2D eigenvalue weighted by molar-refractivity contribution is 0.212. The van der Waals surface area contributed by atoms with Gasteiger partial charge in [0.2, 0.25) is 0 Å². The van der Waals surface area contributed by atoms with Crippen LogP contribution in [0.15, 0.2) is 16.7 Å². The number of nitrogens with zero attached hydrogens (tertiary/aromatic N) is 3. The molecule has 1 atom stereocenters. The van der Waals surface area contributed by atoms with E-state index >= 15 is 0 Å². The Morgan fingerprint density at radius 1 is 1.50 bits per heavy atom. The normalized spacial score (nSPS) is 21.3. The lowest BCUT2D eigenvalue weighted by Gasteiger charge is -2.40. The number of pyridine rings is 1. The minimum atomic E-state index is 0.0326. The fourth-order valence-corrected chi connectivity index (χ4v) is 2.83. The number of aromatic nitrogens is 1. The van der Waals surface area contributed by atoms with Crippen molar-refractivity contribution in [2.75, 3.05) is 31.6 Å². The van der Waals surface area contributed by atoms with Crippen LogP contribution in [0.4, 0.5) is 5.82 Å². The molecule has 0 amide bonds. The second-order valence-electron chi connectivity index (χ2n) is 4.78. The van der Waals surface area contributed by atoms with E-state index < -0.39 is 0 Å². The largest absolute Gasteiger partial charge is 0.392 e. The summed E-state index contributed by atoms with van der Waals surface area (Å²) in [6, 6.07) is 2.51. The summed E-state index contributed by atoms with van der Waals surface area (Å²) in [5.41, 5.74) is 0.892. The van der Waals surface area contributed by atoms with Gasteiger partial charge in [-0.15, -0.1) is 0 Å². The molecular weight excluding hydrogens is 294 g/mol. The number of aliphatic hydroxyl groups is 1. The Bertz CT molecular complexity index is 413. The van der Waals surface area contributed by atoms with Gasteiger partial charge in [0.15, 0.2) is 0 Å². The van der Waals surface area contributed by atoms with Crippen LogP contribution in [0.5, 0.6) is 0 Å². The first-order chi connectivity index (χ1) is 8.65. The predicted molar refractivity (Wildman–Crippen MR) is 76.8 cm³/mol. The summed E-state index contributed by atoms with van der Waals surface area (Å²) in [4.78, 5) is 9.15. The Morgan fingerprint density at radius 3 is 2.94 bits per heavy atom. The summed E-state index contributed by atoms with van der Waals surface area (Å²) in [6.07, 6.45) is 2.94. The van der Waals surface area contributed by atoms with E-state index in [0.717, 1.165) is 41.9 Å². The molecular formula is C13H20BrN3O. The van der Waals surface area contributed by atoms with E-state index in [1.54, 1.807) is 6.20 Å². The maximum Gasteiger partial charge on any atom is 0.134 e. The van der Waals surface area contributed by atoms with Crippen molar-refractivity contribution in [1.82, 2.24) is 9.88 Å². The summed E-state index contributed by atoms with van der Waals surface area (Å²) < 4.78 is 0.913. The average Bonchev–Trinajstić information content (AvgIpc) is 2.39. The fourth-order valence-electron chi connectivity index (χ4n) is 2.45. The molecule has 2 heterocycles. The van der Waals surface area contributed by atoms with Crippen LogP contribution in [0.3, 0.4) is 0 Å². The molecule has 0 spiro atoms. The lowest BCUT2D eigenvalue weighted by atomic mass is 10.1. The first kappa shape index (κ1) is 13.8. The standard InChI is InChI=1S/C13H20BrN3O/c1-3-12-8-17(5-4-16(12)2)13-10(9-18)6-11(14)7-15-13/h6-7,12,18H,3-5,8-9H2,1-2H3. The van der Waals surface area contributed by atoms with Crippen LogP contribution in [0, 0.1) is 0 Å². The van der Waals surface area contributed by atoms with Crippen molar-refractivity contribution in [2.45, 2.75) is 26.0 Å². The number of hydrogen-bond donors (Lipinski definition) is 1. The Hall–Kier alpha value is -0.650. The highest BCUT2D eigenvalue weighted by molar-refractivity contribution is 9.10. The van der Waals surface area contributed by atoms with Crippen molar-refractivity contribution in [1.29, 1.82) is 0 Å². The van der Waals surface area contributed by atoms with E-state index in [1.165, 1.54) is 0 Å². The van der Waals surface area contributed by atoms with Crippen LogP contribution in [-0.2, 0) is 6.61 Å². The quantitative estimate of drug-likeness (QED) is 0.924. The van der Waals surface area contributed by atoms with Crippen LogP contribution >= 0.6 is 15.9 Å². The van der Waals surface area contributed by atoms with E-state index in [0.29, 0.717) is 6.04 Å². The molecule has 18 heavy (non-hydrogen) atoms. The van der Waals surface area contributed by atoms with Gasteiger partial charge in [-0.05, 0) is 35.5 Å². The summed E-state index contributed by atoms with van der Waals surface area (Å²) in [5.74, 6) is 0.923. The minimum Gasteiger partial charge on any atom is -0.392 e. The van der Waals surface area contributed by atoms with Gasteiger partial charge in [-0.3, -0.25) is 4.90 Å². The summed E-state index contributed by atoms with van der Waals surface area (Å²) in [6.45, 7) is 5.24. The van der Waals surface area contributed by atoms with E-state index in [1.807, 2.05) is 6.07 Å². The van der Waals surface area contributed by atoms with Gasteiger partial charge in [-0.1, -0.05) is 6.92 Å². The molecule has 5 heteroatoms. The zero-order valence-electron chi connectivity index (χ0n) is 10.9. The zero-order chi connectivity index (χ0) is 13.1. The molecule has 1 unspecified atom stereocenters. The van der Waals surface area contributed by atoms with Crippen LogP contribution in [0.2, 0.25) is 0 Å². The van der Waals surface area contributed by atoms with Crippen LogP contribution < -0.4 is 4.90 Å². The fraction of sp³-hybridized carbons (Fsp3) is 0.615. The molecule has 0 aliphatic carbocycles. The average molecular weight is 314 g/mol. The predicted octanol–water partition coefficient (Wildman–Crippen LogP) is 1.87. The van der Waals surface area contributed by atoms with Crippen LogP contribution in [0.1, 0.15) is 18.9 Å². The van der Waals surface area contributed by atoms with Crippen molar-refractivity contribution in [2.24, 2.45) is 0 Å². The molecule has 0 bridgehead atoms. The SMILES string of the molecule is CCC1CN(c2ncc(Br)cc2CO)CCN1C. The van der Waals surface area contributed by atoms with Gasteiger partial charge >= 0.3 is 0 Å². The summed E-state index contributed by atoms with van der Waals surface area (Å²) in [5, 5.41) is 9.45. The second kappa shape index (κ2) is 5.99. The van der Waals surface area contributed by atoms with Gasteiger partial charge in [0.1, 0.15) is 5.82 Å². The molecule has 4 nitrogen and oxygen atoms in total. The monoisotopic (exact) mass is 313 g/mol. The smallest absolute Gasteiger partial charge is 0.134 e. The first-order valence-corrected chi connectivity index (χ1v) is 7.15. The van der Waals surface area contributed by atoms with E-state index in [2.05, 4.69) is 44.7 Å². The molecule has 1 saturated heterocycles. The molecule has 0 radical (unpaired) electrons. The van der Waals surface area contributed by atoms with Gasteiger partial charge in [0, 0.05) is 41.9 Å². The van der Waals surface area contributed by atoms with E-state index in [4.69, 9.17) is 0 Å². The molecule has 1 aliphatic rings. The number of piperazine rings is 1. The second-order valence-corrected chi connectivity index (χ2v) is 5.70. The van der Waals surface area contributed by atoms with Crippen LogP contribution in [0.25, 0.3) is 0 Å². The van der Waals surface area contributed by atoms with Gasteiger partial charge in [0.05, 0.1) is 6.61 Å². The topological polar surface area (TPSA) is 39.6 Å². The van der Waals surface area contributed by atoms with Gasteiger partial charge in [-0.25, -0.2) is 4.98 Å². The van der Waals surface area contributed by atoms with Crippen molar-refractivity contribution in [3.8, 4) is 0 Å². The molecule has 1 aromatic rings. The minimum absolute atomic E-state index is 0.0326. The molecule has 1 aromatic heterocycles. The molecule has 0 aromatic carbocycles. The Balaban J connectivity index is 2.21. The molecule has 0 saturated carbocycles. The highest BCUT2D eigenvalue weighted by Gasteiger charge is 2.24. The molecule has 1 N–H and O–H groups in total. The van der Waals surface area contributed by atoms with E-state index in [-0.39, 0.29) is 6.61 Å². The van der Waals surface area contributed by atoms with Crippen molar-refractivity contribution in [3.05, 3.63) is 22.3 Å². The third-order valence-electron chi connectivity index (χ3n) is 3.63. The van der Waals surface area contributed by atoms with Crippen LogP contribution in [-0.4, -0.2) is 47.7 Å². The molecule has 1 aliphatic heterocycles. The van der Waals surface area contributed by atoms with Gasteiger partial charge < -0.3 is 10.0 Å². The number of halogens is 1. The maximum atomic E-state index is 9.45. The van der Waals surface area contributed by atoms with Crippen molar-refractivity contribution < 1.29 is 5.11 Å². The van der Waals surface area contributed by atoms with E-state index in [9.17, 15) is 5.11 Å². The number of likely N-dealkylation sites (N-methyl/N-ethyl adjacent to an activating group) is 1. The third kappa shape index (κ3) is 2.84. The number of aliphatic hydroxyl groups excluding tert-OH is 1. The highest BCUT2D eigenvalue weighted by atomic mass is 79.9. The molecule has 2 rings (SSSR count). The number of anilines is 1. The number of rotatable bonds is 3. The first-order valence-electron chi connectivity index (χ1n) is 6.36. The Morgan fingerprint density at radius 2 is 2.28 bits per heavy atom. The maximum absolute atomic E-state index is 9.45. The highest BCUT2D eigenvalue weighted by Crippen LogP contribution is 2.24. The molecule has 100 valence electrons. The lowest BCUT2D eigenvalue weighted by Crippen LogP contribution is -2.51. The Kier molecular flexibility index (Phi) is 4.59. The number of hydrogen-bond acceptors (Lipinski definition) is 4. The van der Waals surface area contributed by atoms with Gasteiger partial charge in [-0.2, -0.15) is 0 Å². The van der Waals surface area contributed by atoms with Gasteiger partial charge in [0.25, 0.3) is 0 Å². The van der Waals surface area contributed by atoms with Crippen molar-refractivity contribution >= 4 is 21.7 Å². The zero-order valence-corrected chi connectivity index (χ0v) is 12.5. The van der Waals surface area contributed by atoms with Crippen molar-refractivity contribution in [3.63, 3.8) is 0 Å².